The predicted molar refractivity (Wildman–Crippen MR) is 85.2 cm³/mol. The fraction of sp³-hybridized carbons (Fsp3) is 0.562. The van der Waals surface area contributed by atoms with Gasteiger partial charge in [0.2, 0.25) is 0 Å². The summed E-state index contributed by atoms with van der Waals surface area (Å²) < 4.78 is 17.8. The number of benzene rings is 1. The highest BCUT2D eigenvalue weighted by atomic mass is 32.2. The van der Waals surface area contributed by atoms with Gasteiger partial charge in [-0.25, -0.2) is 4.21 Å². The smallest absolute Gasteiger partial charge is 0.251 e. The third-order valence-electron chi connectivity index (χ3n) is 2.77. The lowest BCUT2D eigenvalue weighted by Gasteiger charge is -2.26. The molecule has 0 aliphatic heterocycles. The van der Waals surface area contributed by atoms with Crippen molar-refractivity contribution in [3.05, 3.63) is 29.8 Å². The van der Waals surface area contributed by atoms with Gasteiger partial charge in [-0.2, -0.15) is 0 Å². The van der Waals surface area contributed by atoms with Gasteiger partial charge in [-0.05, 0) is 45.7 Å². The van der Waals surface area contributed by atoms with Gasteiger partial charge in [0.05, 0.1) is 4.90 Å². The minimum absolute atomic E-state index is 0.0678. The van der Waals surface area contributed by atoms with Crippen LogP contribution >= 0.6 is 0 Å². The normalized spacial score (nSPS) is 14.8. The van der Waals surface area contributed by atoms with E-state index in [0.717, 1.165) is 5.56 Å². The first-order valence-electron chi connectivity index (χ1n) is 7.08. The van der Waals surface area contributed by atoms with Gasteiger partial charge in [0.25, 0.3) is 5.91 Å². The van der Waals surface area contributed by atoms with Gasteiger partial charge in [0.1, 0.15) is 0 Å². The van der Waals surface area contributed by atoms with Crippen molar-refractivity contribution in [3.8, 4) is 0 Å². The average Bonchev–Trinajstić information content (AvgIpc) is 2.33. The molecule has 0 heterocycles. The van der Waals surface area contributed by atoms with Crippen molar-refractivity contribution in [1.82, 2.24) is 5.32 Å². The third-order valence-corrected chi connectivity index (χ3v) is 3.81. The number of aryl methyl sites for hydroxylation is 1. The lowest BCUT2D eigenvalue weighted by Crippen LogP contribution is -2.48. The fourth-order valence-electron chi connectivity index (χ4n) is 1.70. The van der Waals surface area contributed by atoms with Crippen LogP contribution in [-0.2, 0) is 20.1 Å². The van der Waals surface area contributed by atoms with Crippen LogP contribution in [0.1, 0.15) is 40.2 Å². The van der Waals surface area contributed by atoms with Crippen molar-refractivity contribution >= 4 is 17.0 Å². The summed E-state index contributed by atoms with van der Waals surface area (Å²) in [6, 6.07) is 7.25. The van der Waals surface area contributed by atoms with Crippen LogP contribution in [0, 0.1) is 12.8 Å². The molecule has 1 amide bonds. The van der Waals surface area contributed by atoms with Gasteiger partial charge in [-0.15, -0.1) is 0 Å². The van der Waals surface area contributed by atoms with Crippen molar-refractivity contribution in [2.45, 2.75) is 58.1 Å². The minimum atomic E-state index is -1.65. The summed E-state index contributed by atoms with van der Waals surface area (Å²) in [5, 5.41) is 2.87. The van der Waals surface area contributed by atoms with E-state index in [2.05, 4.69) is 5.32 Å². The SMILES string of the molecule is Cc1ccc(S(=O)OC(C(=O)NC(C)(C)C)C(C)C)cc1. The Morgan fingerprint density at radius 1 is 1.19 bits per heavy atom. The highest BCUT2D eigenvalue weighted by molar-refractivity contribution is 7.80. The van der Waals surface area contributed by atoms with Gasteiger partial charge >= 0.3 is 0 Å². The molecule has 0 aliphatic carbocycles. The molecule has 4 nitrogen and oxygen atoms in total. The second-order valence-electron chi connectivity index (χ2n) is 6.55. The first-order valence-corrected chi connectivity index (χ1v) is 8.15. The summed E-state index contributed by atoms with van der Waals surface area (Å²) in [5.74, 6) is -0.306. The molecule has 0 saturated carbocycles. The molecule has 0 aromatic heterocycles. The quantitative estimate of drug-likeness (QED) is 0.909. The zero-order valence-electron chi connectivity index (χ0n) is 13.6. The molecule has 0 spiro atoms. The Hall–Kier alpha value is -1.20. The maximum Gasteiger partial charge on any atom is 0.251 e. The van der Waals surface area contributed by atoms with Crippen molar-refractivity contribution in [1.29, 1.82) is 0 Å². The van der Waals surface area contributed by atoms with Crippen LogP contribution in [0.4, 0.5) is 0 Å². The van der Waals surface area contributed by atoms with Gasteiger partial charge in [0.15, 0.2) is 17.2 Å². The van der Waals surface area contributed by atoms with E-state index < -0.39 is 17.2 Å². The molecule has 1 aromatic carbocycles. The van der Waals surface area contributed by atoms with Crippen LogP contribution < -0.4 is 5.32 Å². The molecule has 1 aromatic rings. The lowest BCUT2D eigenvalue weighted by atomic mass is 10.0. The molecular weight excluding hydrogens is 286 g/mol. The van der Waals surface area contributed by atoms with Crippen molar-refractivity contribution < 1.29 is 13.2 Å². The van der Waals surface area contributed by atoms with Gasteiger partial charge in [0, 0.05) is 5.54 Å². The fourth-order valence-corrected chi connectivity index (χ4v) is 2.66. The Morgan fingerprint density at radius 3 is 2.14 bits per heavy atom. The zero-order chi connectivity index (χ0) is 16.2. The standard InChI is InChI=1S/C16H25NO3S/c1-11(2)14(15(18)17-16(4,5)6)20-21(19)13-9-7-12(3)8-10-13/h7-11,14H,1-6H3,(H,17,18). The minimum Gasteiger partial charge on any atom is -0.349 e. The summed E-state index contributed by atoms with van der Waals surface area (Å²) in [4.78, 5) is 12.8. The molecule has 0 radical (unpaired) electrons. The number of nitrogens with one attached hydrogen (secondary N) is 1. The van der Waals surface area contributed by atoms with E-state index in [1.165, 1.54) is 0 Å². The molecular formula is C16H25NO3S. The summed E-state index contributed by atoms with van der Waals surface area (Å²) in [5.41, 5.74) is 0.737. The second kappa shape index (κ2) is 7.18. The zero-order valence-corrected chi connectivity index (χ0v) is 14.4. The first kappa shape index (κ1) is 17.9. The van der Waals surface area contributed by atoms with Crippen LogP contribution in [0.15, 0.2) is 29.2 Å². The summed E-state index contributed by atoms with van der Waals surface area (Å²) in [6.45, 7) is 11.4. The van der Waals surface area contributed by atoms with Crippen LogP contribution in [0.5, 0.6) is 0 Å². The van der Waals surface area contributed by atoms with E-state index in [4.69, 9.17) is 4.18 Å². The van der Waals surface area contributed by atoms with E-state index in [0.29, 0.717) is 4.90 Å². The number of carbonyl (C=O) groups is 1. The van der Waals surface area contributed by atoms with E-state index in [-0.39, 0.29) is 17.4 Å². The molecule has 21 heavy (non-hydrogen) atoms. The number of amides is 1. The molecule has 0 fully saturated rings. The Bertz CT molecular complexity index is 503. The number of carbonyl (C=O) groups excluding carboxylic acids is 1. The van der Waals surface area contributed by atoms with Crippen molar-refractivity contribution in [2.75, 3.05) is 0 Å². The molecule has 0 bridgehead atoms. The lowest BCUT2D eigenvalue weighted by molar-refractivity contribution is -0.130. The van der Waals surface area contributed by atoms with Crippen LogP contribution in [-0.4, -0.2) is 21.8 Å². The molecule has 2 unspecified atom stereocenters. The molecule has 2 atom stereocenters. The van der Waals surface area contributed by atoms with Crippen molar-refractivity contribution in [2.24, 2.45) is 5.92 Å². The maximum atomic E-state index is 12.3. The molecule has 0 saturated heterocycles. The van der Waals surface area contributed by atoms with Crippen LogP contribution in [0.2, 0.25) is 0 Å². The predicted octanol–water partition coefficient (Wildman–Crippen LogP) is 2.97. The first-order chi connectivity index (χ1) is 9.60. The van der Waals surface area contributed by atoms with Gasteiger partial charge < -0.3 is 5.32 Å². The topological polar surface area (TPSA) is 55.4 Å². The molecule has 1 N–H and O–H groups in total. The van der Waals surface area contributed by atoms with E-state index in [1.54, 1.807) is 12.1 Å². The molecule has 118 valence electrons. The largest absolute Gasteiger partial charge is 0.349 e. The van der Waals surface area contributed by atoms with E-state index >= 15 is 0 Å². The highest BCUT2D eigenvalue weighted by Gasteiger charge is 2.28. The Kier molecular flexibility index (Phi) is 6.10. The highest BCUT2D eigenvalue weighted by Crippen LogP contribution is 2.16. The van der Waals surface area contributed by atoms with E-state index in [9.17, 15) is 9.00 Å². The number of rotatable bonds is 5. The maximum absolute atomic E-state index is 12.3. The Morgan fingerprint density at radius 2 is 1.71 bits per heavy atom. The summed E-state index contributed by atoms with van der Waals surface area (Å²) in [6.07, 6.45) is -0.744. The second-order valence-corrected chi connectivity index (χ2v) is 7.68. The van der Waals surface area contributed by atoms with E-state index in [1.807, 2.05) is 53.7 Å². The van der Waals surface area contributed by atoms with Crippen LogP contribution in [0.3, 0.4) is 0 Å². The summed E-state index contributed by atoms with van der Waals surface area (Å²) in [7, 11) is 0. The van der Waals surface area contributed by atoms with Crippen molar-refractivity contribution in [3.63, 3.8) is 0 Å². The monoisotopic (exact) mass is 311 g/mol. The molecule has 1 rings (SSSR count). The van der Waals surface area contributed by atoms with Gasteiger partial charge in [-0.3, -0.25) is 8.98 Å². The molecule has 5 heteroatoms. The van der Waals surface area contributed by atoms with Gasteiger partial charge in [-0.1, -0.05) is 31.5 Å². The third kappa shape index (κ3) is 5.98. The Balaban J connectivity index is 2.81. The summed E-state index contributed by atoms with van der Waals surface area (Å²) >= 11 is -1.65. The van der Waals surface area contributed by atoms with Crippen LogP contribution in [0.25, 0.3) is 0 Å². The number of hydrogen-bond donors (Lipinski definition) is 1. The number of hydrogen-bond acceptors (Lipinski definition) is 3. The molecule has 0 aliphatic rings. The Labute approximate surface area is 129 Å². The average molecular weight is 311 g/mol.